The quantitative estimate of drug-likeness (QED) is 0.252. The summed E-state index contributed by atoms with van der Waals surface area (Å²) in [4.78, 5) is 30.0. The summed E-state index contributed by atoms with van der Waals surface area (Å²) >= 11 is 0. The summed E-state index contributed by atoms with van der Waals surface area (Å²) < 4.78 is 51.4. The van der Waals surface area contributed by atoms with Gasteiger partial charge in [0.1, 0.15) is 11.8 Å². The maximum atomic E-state index is 13.2. The number of carbonyl (C=O) groups is 2. The molecule has 212 valence electrons. The molecule has 0 aromatic heterocycles. The number of aliphatic imine (C=N–C) groups is 1. The van der Waals surface area contributed by atoms with Gasteiger partial charge < -0.3 is 19.9 Å². The molecule has 0 radical (unpaired) electrons. The molecule has 0 fully saturated rings. The van der Waals surface area contributed by atoms with Gasteiger partial charge in [0.15, 0.2) is 23.2 Å². The lowest BCUT2D eigenvalue weighted by atomic mass is 9.98. The number of hydrogen-bond acceptors (Lipinski definition) is 6. The number of nitrogens with two attached hydrogens (primary N) is 1. The molecule has 0 aliphatic rings. The number of carbonyl (C=O) groups excluding carboxylic acids is 2. The van der Waals surface area contributed by atoms with Crippen LogP contribution in [0.25, 0.3) is 0 Å². The van der Waals surface area contributed by atoms with E-state index in [9.17, 15) is 22.8 Å². The zero-order chi connectivity index (χ0) is 29.1. The van der Waals surface area contributed by atoms with E-state index in [2.05, 4.69) is 15.0 Å². The van der Waals surface area contributed by atoms with E-state index >= 15 is 0 Å². The minimum atomic E-state index is -4.81. The summed E-state index contributed by atoms with van der Waals surface area (Å²) in [7, 11) is 3.07. The number of amides is 1. The van der Waals surface area contributed by atoms with Crippen LogP contribution >= 0.6 is 0 Å². The second kappa shape index (κ2) is 14.0. The lowest BCUT2D eigenvalue weighted by Crippen LogP contribution is -2.40. The Kier molecular flexibility index (Phi) is 10.5. The molecule has 40 heavy (non-hydrogen) atoms. The topological polar surface area (TPSA) is 112 Å². The fourth-order valence-corrected chi connectivity index (χ4v) is 3.92. The molecule has 0 aliphatic heterocycles. The van der Waals surface area contributed by atoms with Crippen molar-refractivity contribution in [2.24, 2.45) is 10.7 Å². The Morgan fingerprint density at radius 2 is 1.55 bits per heavy atom. The first-order chi connectivity index (χ1) is 19.1. The van der Waals surface area contributed by atoms with Crippen LogP contribution in [-0.2, 0) is 28.9 Å². The van der Waals surface area contributed by atoms with Crippen molar-refractivity contribution < 1.29 is 37.0 Å². The van der Waals surface area contributed by atoms with Gasteiger partial charge in [0.05, 0.1) is 20.6 Å². The average Bonchev–Trinajstić information content (AvgIpc) is 2.92. The van der Waals surface area contributed by atoms with Gasteiger partial charge in [-0.1, -0.05) is 48.5 Å². The molecular weight excluding hydrogens is 527 g/mol. The molecule has 0 spiro atoms. The second-order valence-corrected chi connectivity index (χ2v) is 8.79. The van der Waals surface area contributed by atoms with Crippen LogP contribution in [0.15, 0.2) is 77.8 Å². The smallest absolute Gasteiger partial charge is 0.493 e. The van der Waals surface area contributed by atoms with Gasteiger partial charge in [-0.05, 0) is 47.4 Å². The number of methoxy groups -OCH3 is 2. The van der Waals surface area contributed by atoms with Crippen LogP contribution in [-0.4, -0.2) is 44.3 Å². The normalized spacial score (nSPS) is 12.4. The third-order valence-corrected chi connectivity index (χ3v) is 5.84. The van der Waals surface area contributed by atoms with E-state index in [0.717, 1.165) is 23.3 Å². The Bertz CT molecular complexity index is 1310. The zero-order valence-corrected chi connectivity index (χ0v) is 22.0. The lowest BCUT2D eigenvalue weighted by molar-refractivity contribution is -0.274. The number of guanidine groups is 1. The Hall–Kier alpha value is -4.54. The van der Waals surface area contributed by atoms with Gasteiger partial charge in [-0.25, -0.2) is 4.99 Å². The number of ketones is 1. The SMILES string of the molecule is COc1ccc(CCC(=O)[C@@H](Cc2ccccc2)N=C(N)NC(=O)Cc2ccc(OC(F)(F)F)cc2)cc1OC. The number of aryl methyl sites for hydroxylation is 1. The minimum Gasteiger partial charge on any atom is -0.493 e. The number of hydrogen-bond donors (Lipinski definition) is 2. The average molecular weight is 558 g/mol. The van der Waals surface area contributed by atoms with Crippen LogP contribution in [0.5, 0.6) is 17.2 Å². The summed E-state index contributed by atoms with van der Waals surface area (Å²) in [5, 5.41) is 2.45. The Morgan fingerprint density at radius 1 is 0.900 bits per heavy atom. The molecular formula is C29H30F3N3O5. The molecule has 11 heteroatoms. The van der Waals surface area contributed by atoms with E-state index in [1.165, 1.54) is 19.2 Å². The predicted octanol–water partition coefficient (Wildman–Crippen LogP) is 4.39. The van der Waals surface area contributed by atoms with Crippen LogP contribution < -0.4 is 25.3 Å². The van der Waals surface area contributed by atoms with Crippen LogP contribution in [0.1, 0.15) is 23.1 Å². The number of halogens is 3. The first kappa shape index (κ1) is 30.0. The molecule has 3 rings (SSSR count). The molecule has 1 atom stereocenters. The summed E-state index contributed by atoms with van der Waals surface area (Å²) in [5.74, 6) is -0.201. The third kappa shape index (κ3) is 9.64. The molecule has 3 aromatic carbocycles. The van der Waals surface area contributed by atoms with E-state index in [0.29, 0.717) is 23.5 Å². The van der Waals surface area contributed by atoms with Crippen molar-refractivity contribution in [1.29, 1.82) is 0 Å². The van der Waals surface area contributed by atoms with Gasteiger partial charge in [0, 0.05) is 12.8 Å². The standard InChI is InChI=1S/C29H30F3N3O5/c1-38-25-15-11-20(17-26(25)39-2)10-14-24(36)23(16-19-6-4-3-5-7-19)34-28(33)35-27(37)18-21-8-12-22(13-9-21)40-29(30,31)32/h3-9,11-13,15,17,23H,10,14,16,18H2,1-2H3,(H3,33,34,35,37)/t23-/m1/s1. The van der Waals surface area contributed by atoms with Gasteiger partial charge in [0.2, 0.25) is 5.91 Å². The molecule has 0 saturated carbocycles. The molecule has 3 N–H and O–H groups in total. The largest absolute Gasteiger partial charge is 0.573 e. The third-order valence-electron chi connectivity index (χ3n) is 5.84. The van der Waals surface area contributed by atoms with Crippen LogP contribution in [0.3, 0.4) is 0 Å². The number of nitrogens with zero attached hydrogens (tertiary/aromatic N) is 1. The number of alkyl halides is 3. The van der Waals surface area contributed by atoms with Crippen molar-refractivity contribution in [1.82, 2.24) is 5.32 Å². The summed E-state index contributed by atoms with van der Waals surface area (Å²) in [6, 6.07) is 18.8. The molecule has 0 aliphatic carbocycles. The molecule has 0 saturated heterocycles. The number of nitrogens with one attached hydrogen (secondary N) is 1. The van der Waals surface area contributed by atoms with Gasteiger partial charge in [-0.3, -0.25) is 14.9 Å². The summed E-state index contributed by atoms with van der Waals surface area (Å²) in [6.07, 6.45) is -4.09. The molecule has 0 heterocycles. The van der Waals surface area contributed by atoms with E-state index in [1.54, 1.807) is 19.2 Å². The predicted molar refractivity (Wildman–Crippen MR) is 143 cm³/mol. The summed E-state index contributed by atoms with van der Waals surface area (Å²) in [6.45, 7) is 0. The van der Waals surface area contributed by atoms with Crippen LogP contribution in [0, 0.1) is 0 Å². The molecule has 8 nitrogen and oxygen atoms in total. The van der Waals surface area contributed by atoms with E-state index in [1.807, 2.05) is 36.4 Å². The number of benzene rings is 3. The van der Waals surface area contributed by atoms with Crippen molar-refractivity contribution in [3.05, 3.63) is 89.5 Å². The van der Waals surface area contributed by atoms with E-state index in [-0.39, 0.29) is 31.0 Å². The Labute approximate surface area is 230 Å². The van der Waals surface area contributed by atoms with E-state index < -0.39 is 24.1 Å². The van der Waals surface area contributed by atoms with Gasteiger partial charge in [0.25, 0.3) is 0 Å². The highest BCUT2D eigenvalue weighted by Gasteiger charge is 2.31. The van der Waals surface area contributed by atoms with Gasteiger partial charge in [-0.2, -0.15) is 0 Å². The van der Waals surface area contributed by atoms with Gasteiger partial charge in [-0.15, -0.1) is 13.2 Å². The molecule has 1 amide bonds. The maximum absolute atomic E-state index is 13.2. The summed E-state index contributed by atoms with van der Waals surface area (Å²) in [5.41, 5.74) is 8.17. The fraction of sp³-hybridized carbons (Fsp3) is 0.276. The molecule has 3 aromatic rings. The lowest BCUT2D eigenvalue weighted by Gasteiger charge is -2.14. The first-order valence-electron chi connectivity index (χ1n) is 12.3. The first-order valence-corrected chi connectivity index (χ1v) is 12.3. The molecule has 0 bridgehead atoms. The Balaban J connectivity index is 1.66. The number of Topliss-reactive ketones (excluding diaryl/α,β-unsaturated/α-hetero) is 1. The minimum absolute atomic E-state index is 0.168. The monoisotopic (exact) mass is 557 g/mol. The maximum Gasteiger partial charge on any atom is 0.573 e. The van der Waals surface area contributed by atoms with Crippen LogP contribution in [0.2, 0.25) is 0 Å². The number of rotatable bonds is 12. The Morgan fingerprint density at radius 3 is 2.17 bits per heavy atom. The van der Waals surface area contributed by atoms with Crippen molar-refractivity contribution in [2.45, 2.75) is 38.1 Å². The van der Waals surface area contributed by atoms with E-state index in [4.69, 9.17) is 15.2 Å². The van der Waals surface area contributed by atoms with Crippen molar-refractivity contribution in [3.8, 4) is 17.2 Å². The zero-order valence-electron chi connectivity index (χ0n) is 22.0. The highest BCUT2D eigenvalue weighted by molar-refractivity contribution is 5.98. The van der Waals surface area contributed by atoms with Crippen LogP contribution in [0.4, 0.5) is 13.2 Å². The van der Waals surface area contributed by atoms with Crippen molar-refractivity contribution >= 4 is 17.6 Å². The van der Waals surface area contributed by atoms with Crippen molar-refractivity contribution in [2.75, 3.05) is 14.2 Å². The van der Waals surface area contributed by atoms with Gasteiger partial charge >= 0.3 is 6.36 Å². The highest BCUT2D eigenvalue weighted by atomic mass is 19.4. The molecule has 0 unspecified atom stereocenters. The van der Waals surface area contributed by atoms with Crippen molar-refractivity contribution in [3.63, 3.8) is 0 Å². The highest BCUT2D eigenvalue weighted by Crippen LogP contribution is 2.28. The number of ether oxygens (including phenoxy) is 3. The fourth-order valence-electron chi connectivity index (χ4n) is 3.92. The second-order valence-electron chi connectivity index (χ2n) is 8.79.